The highest BCUT2D eigenvalue weighted by Gasteiger charge is 2.11. The Kier molecular flexibility index (Phi) is 4.27. The smallest absolute Gasteiger partial charge is 0.0743 e. The standard InChI is InChI=1S/C18H18ClN3/c1-13-5-7-14(8-6-13)18-12-16(9-10-20)21-22(18)17-4-2-3-15(19)11-17/h2-8,11-12H,9-10,20H2,1H3. The summed E-state index contributed by atoms with van der Waals surface area (Å²) < 4.78 is 1.93. The van der Waals surface area contributed by atoms with Gasteiger partial charge in [-0.15, -0.1) is 0 Å². The van der Waals surface area contributed by atoms with Gasteiger partial charge in [0.1, 0.15) is 0 Å². The zero-order valence-electron chi connectivity index (χ0n) is 12.5. The van der Waals surface area contributed by atoms with Crippen LogP contribution in [0.25, 0.3) is 16.9 Å². The van der Waals surface area contributed by atoms with Crippen molar-refractivity contribution in [1.82, 2.24) is 9.78 Å². The monoisotopic (exact) mass is 311 g/mol. The SMILES string of the molecule is Cc1ccc(-c2cc(CCN)nn2-c2cccc(Cl)c2)cc1. The van der Waals surface area contributed by atoms with E-state index >= 15 is 0 Å². The zero-order chi connectivity index (χ0) is 15.5. The lowest BCUT2D eigenvalue weighted by Gasteiger charge is -2.08. The zero-order valence-corrected chi connectivity index (χ0v) is 13.2. The van der Waals surface area contributed by atoms with E-state index < -0.39 is 0 Å². The summed E-state index contributed by atoms with van der Waals surface area (Å²) in [6.07, 6.45) is 0.756. The maximum absolute atomic E-state index is 6.12. The number of hydrogen-bond donors (Lipinski definition) is 1. The normalized spacial score (nSPS) is 10.9. The number of aryl methyl sites for hydroxylation is 1. The van der Waals surface area contributed by atoms with Crippen LogP contribution in [0.1, 0.15) is 11.3 Å². The maximum Gasteiger partial charge on any atom is 0.0743 e. The Balaban J connectivity index is 2.13. The van der Waals surface area contributed by atoms with Gasteiger partial charge in [-0.25, -0.2) is 4.68 Å². The van der Waals surface area contributed by atoms with Gasteiger partial charge >= 0.3 is 0 Å². The van der Waals surface area contributed by atoms with E-state index in [9.17, 15) is 0 Å². The van der Waals surface area contributed by atoms with Crippen LogP contribution >= 0.6 is 11.6 Å². The van der Waals surface area contributed by atoms with E-state index in [1.807, 2.05) is 28.9 Å². The number of hydrogen-bond acceptors (Lipinski definition) is 2. The lowest BCUT2D eigenvalue weighted by atomic mass is 10.1. The largest absolute Gasteiger partial charge is 0.330 e. The molecule has 3 nitrogen and oxygen atoms in total. The molecule has 0 saturated carbocycles. The molecule has 0 radical (unpaired) electrons. The minimum Gasteiger partial charge on any atom is -0.330 e. The van der Waals surface area contributed by atoms with E-state index in [-0.39, 0.29) is 0 Å². The van der Waals surface area contributed by atoms with Gasteiger partial charge in [0, 0.05) is 17.0 Å². The summed E-state index contributed by atoms with van der Waals surface area (Å²) in [4.78, 5) is 0. The lowest BCUT2D eigenvalue weighted by Crippen LogP contribution is -2.04. The van der Waals surface area contributed by atoms with Crippen LogP contribution in [-0.2, 0) is 6.42 Å². The van der Waals surface area contributed by atoms with Crippen LogP contribution in [0.2, 0.25) is 5.02 Å². The van der Waals surface area contributed by atoms with Crippen molar-refractivity contribution in [3.63, 3.8) is 0 Å². The molecule has 0 spiro atoms. The molecular weight excluding hydrogens is 294 g/mol. The van der Waals surface area contributed by atoms with Crippen molar-refractivity contribution >= 4 is 11.6 Å². The summed E-state index contributed by atoms with van der Waals surface area (Å²) in [5.41, 5.74) is 11.0. The van der Waals surface area contributed by atoms with Crippen LogP contribution in [0.5, 0.6) is 0 Å². The van der Waals surface area contributed by atoms with Crippen LogP contribution in [0.4, 0.5) is 0 Å². The highest BCUT2D eigenvalue weighted by atomic mass is 35.5. The summed E-state index contributed by atoms with van der Waals surface area (Å²) in [7, 11) is 0. The van der Waals surface area contributed by atoms with E-state index in [4.69, 9.17) is 17.3 Å². The van der Waals surface area contributed by atoms with Gasteiger partial charge < -0.3 is 5.73 Å². The Bertz CT molecular complexity index is 775. The molecular formula is C18H18ClN3. The molecule has 0 fully saturated rings. The molecule has 22 heavy (non-hydrogen) atoms. The third kappa shape index (κ3) is 3.06. The Morgan fingerprint density at radius 3 is 2.55 bits per heavy atom. The second-order valence-electron chi connectivity index (χ2n) is 5.32. The average molecular weight is 312 g/mol. The molecule has 4 heteroatoms. The third-order valence-corrected chi connectivity index (χ3v) is 3.80. The van der Waals surface area contributed by atoms with Crippen molar-refractivity contribution in [2.45, 2.75) is 13.3 Å². The molecule has 0 unspecified atom stereocenters. The van der Waals surface area contributed by atoms with Crippen LogP contribution < -0.4 is 5.73 Å². The van der Waals surface area contributed by atoms with Crippen LogP contribution in [-0.4, -0.2) is 16.3 Å². The van der Waals surface area contributed by atoms with Crippen molar-refractivity contribution in [2.24, 2.45) is 5.73 Å². The van der Waals surface area contributed by atoms with Crippen molar-refractivity contribution in [2.75, 3.05) is 6.54 Å². The third-order valence-electron chi connectivity index (χ3n) is 3.56. The number of rotatable bonds is 4. The van der Waals surface area contributed by atoms with E-state index in [1.54, 1.807) is 0 Å². The molecule has 1 aromatic heterocycles. The molecule has 112 valence electrons. The Morgan fingerprint density at radius 1 is 1.09 bits per heavy atom. The van der Waals surface area contributed by atoms with E-state index in [0.29, 0.717) is 11.6 Å². The molecule has 3 rings (SSSR count). The molecule has 3 aromatic rings. The lowest BCUT2D eigenvalue weighted by molar-refractivity contribution is 0.826. The van der Waals surface area contributed by atoms with Crippen molar-refractivity contribution in [1.29, 1.82) is 0 Å². The summed E-state index contributed by atoms with van der Waals surface area (Å²) in [6.45, 7) is 2.66. The first kappa shape index (κ1) is 14.8. The first-order chi connectivity index (χ1) is 10.7. The molecule has 0 aliphatic heterocycles. The number of nitrogens with zero attached hydrogens (tertiary/aromatic N) is 2. The van der Waals surface area contributed by atoms with Gasteiger partial charge in [-0.1, -0.05) is 47.5 Å². The molecule has 0 saturated heterocycles. The van der Waals surface area contributed by atoms with E-state index in [1.165, 1.54) is 5.56 Å². The molecule has 0 aliphatic rings. The number of aromatic nitrogens is 2. The van der Waals surface area contributed by atoms with Gasteiger partial charge in [-0.05, 0) is 37.7 Å². The summed E-state index contributed by atoms with van der Waals surface area (Å²) in [5.74, 6) is 0. The van der Waals surface area contributed by atoms with Crippen molar-refractivity contribution in [3.8, 4) is 16.9 Å². The van der Waals surface area contributed by atoms with Gasteiger partial charge in [-0.2, -0.15) is 5.10 Å². The van der Waals surface area contributed by atoms with Crippen molar-refractivity contribution < 1.29 is 0 Å². The highest BCUT2D eigenvalue weighted by Crippen LogP contribution is 2.25. The second kappa shape index (κ2) is 6.34. The quantitative estimate of drug-likeness (QED) is 0.791. The summed E-state index contributed by atoms with van der Waals surface area (Å²) in [5, 5.41) is 5.39. The molecule has 2 N–H and O–H groups in total. The van der Waals surface area contributed by atoms with Gasteiger partial charge in [0.05, 0.1) is 17.1 Å². The summed E-state index contributed by atoms with van der Waals surface area (Å²) >= 11 is 6.12. The minimum absolute atomic E-state index is 0.583. The number of nitrogens with two attached hydrogens (primary N) is 1. The van der Waals surface area contributed by atoms with Gasteiger partial charge in [-0.3, -0.25) is 0 Å². The highest BCUT2D eigenvalue weighted by molar-refractivity contribution is 6.30. The maximum atomic E-state index is 6.12. The molecule has 0 atom stereocenters. The number of halogens is 1. The fraction of sp³-hybridized carbons (Fsp3) is 0.167. The second-order valence-corrected chi connectivity index (χ2v) is 5.75. The molecule has 0 aliphatic carbocycles. The van der Waals surface area contributed by atoms with Crippen LogP contribution in [0, 0.1) is 6.92 Å². The first-order valence-electron chi connectivity index (χ1n) is 7.29. The van der Waals surface area contributed by atoms with E-state index in [0.717, 1.165) is 29.1 Å². The minimum atomic E-state index is 0.583. The topological polar surface area (TPSA) is 43.8 Å². The summed E-state index contributed by atoms with van der Waals surface area (Å²) in [6, 6.07) is 18.2. The Hall–Kier alpha value is -2.10. The molecule has 0 bridgehead atoms. The Morgan fingerprint density at radius 2 is 1.86 bits per heavy atom. The first-order valence-corrected chi connectivity index (χ1v) is 7.67. The van der Waals surface area contributed by atoms with Crippen LogP contribution in [0.3, 0.4) is 0 Å². The van der Waals surface area contributed by atoms with Gasteiger partial charge in [0.2, 0.25) is 0 Å². The Labute approximate surface area is 135 Å². The van der Waals surface area contributed by atoms with Crippen molar-refractivity contribution in [3.05, 3.63) is 70.9 Å². The van der Waals surface area contributed by atoms with Gasteiger partial charge in [0.15, 0.2) is 0 Å². The van der Waals surface area contributed by atoms with Gasteiger partial charge in [0.25, 0.3) is 0 Å². The fourth-order valence-electron chi connectivity index (χ4n) is 2.43. The number of benzene rings is 2. The molecule has 2 aromatic carbocycles. The van der Waals surface area contributed by atoms with Crippen LogP contribution in [0.15, 0.2) is 54.6 Å². The van der Waals surface area contributed by atoms with E-state index in [2.05, 4.69) is 42.4 Å². The molecule has 0 amide bonds. The predicted molar refractivity (Wildman–Crippen MR) is 91.5 cm³/mol. The predicted octanol–water partition coefficient (Wildman–Crippen LogP) is 4.00. The average Bonchev–Trinajstić information content (AvgIpc) is 2.92. The molecule has 1 heterocycles. The fourth-order valence-corrected chi connectivity index (χ4v) is 2.62.